The average molecular weight is 288 g/mol. The lowest BCUT2D eigenvalue weighted by Gasteiger charge is -2.20. The molecular formula is C12H15F3N4O. The number of anilines is 1. The highest BCUT2D eigenvalue weighted by atomic mass is 19.4. The smallest absolute Gasteiger partial charge is 0.390 e. The van der Waals surface area contributed by atoms with Crippen LogP contribution in [0.3, 0.4) is 0 Å². The van der Waals surface area contributed by atoms with Crippen molar-refractivity contribution in [2.75, 3.05) is 25.0 Å². The number of rotatable bonds is 4. The molecule has 5 nitrogen and oxygen atoms in total. The van der Waals surface area contributed by atoms with Gasteiger partial charge in [0.1, 0.15) is 0 Å². The molecular weight excluding hydrogens is 273 g/mol. The summed E-state index contributed by atoms with van der Waals surface area (Å²) in [4.78, 5) is 7.96. The number of piperidine rings is 1. The lowest BCUT2D eigenvalue weighted by molar-refractivity contribution is -0.190. The Morgan fingerprint density at radius 3 is 2.85 bits per heavy atom. The van der Waals surface area contributed by atoms with Gasteiger partial charge in [-0.05, 0) is 12.5 Å². The number of aliphatic hydroxyl groups is 1. The fourth-order valence-electron chi connectivity index (χ4n) is 3.14. The van der Waals surface area contributed by atoms with Crippen LogP contribution in [0.1, 0.15) is 12.1 Å². The minimum absolute atomic E-state index is 0.0181. The molecule has 1 aliphatic heterocycles. The number of hydrogen-bond acceptors (Lipinski definition) is 5. The van der Waals surface area contributed by atoms with Gasteiger partial charge in [0.05, 0.1) is 17.7 Å². The highest BCUT2D eigenvalue weighted by Crippen LogP contribution is 2.72. The first-order chi connectivity index (χ1) is 9.42. The molecule has 0 bridgehead atoms. The first-order valence-electron chi connectivity index (χ1n) is 6.37. The molecule has 2 heterocycles. The number of aliphatic hydroxyl groups excluding tert-OH is 1. The number of halogens is 3. The van der Waals surface area contributed by atoms with Crippen molar-refractivity contribution in [1.29, 1.82) is 0 Å². The molecule has 0 radical (unpaired) electrons. The Bertz CT molecular complexity index is 524. The summed E-state index contributed by atoms with van der Waals surface area (Å²) >= 11 is 0. The monoisotopic (exact) mass is 288 g/mol. The Kier molecular flexibility index (Phi) is 2.91. The molecule has 1 saturated carbocycles. The van der Waals surface area contributed by atoms with Crippen molar-refractivity contribution in [3.63, 3.8) is 0 Å². The molecule has 20 heavy (non-hydrogen) atoms. The number of hydrogen-bond donors (Lipinski definition) is 3. The number of nitrogens with zero attached hydrogens (tertiary/aromatic N) is 2. The molecule has 1 aromatic rings. The van der Waals surface area contributed by atoms with Crippen LogP contribution >= 0.6 is 0 Å². The van der Waals surface area contributed by atoms with E-state index in [0.717, 1.165) is 0 Å². The number of fused-ring (bicyclic) bond motifs is 1. The second-order valence-electron chi connectivity index (χ2n) is 5.52. The first-order valence-corrected chi connectivity index (χ1v) is 6.37. The fraction of sp³-hybridized carbons (Fsp3) is 0.667. The lowest BCUT2D eigenvalue weighted by Crippen LogP contribution is -2.33. The van der Waals surface area contributed by atoms with E-state index in [0.29, 0.717) is 12.2 Å². The van der Waals surface area contributed by atoms with Crippen LogP contribution < -0.4 is 10.6 Å². The molecule has 1 aromatic heterocycles. The van der Waals surface area contributed by atoms with Crippen LogP contribution in [0.4, 0.5) is 19.1 Å². The van der Waals surface area contributed by atoms with Crippen LogP contribution in [-0.2, 0) is 6.61 Å². The summed E-state index contributed by atoms with van der Waals surface area (Å²) in [5, 5.41) is 14.7. The predicted molar refractivity (Wildman–Crippen MR) is 64.9 cm³/mol. The Morgan fingerprint density at radius 2 is 2.20 bits per heavy atom. The highest BCUT2D eigenvalue weighted by Gasteiger charge is 2.81. The largest absolute Gasteiger partial charge is 0.396 e. The van der Waals surface area contributed by atoms with Crippen molar-refractivity contribution < 1.29 is 18.3 Å². The number of alkyl halides is 3. The Labute approximate surface area is 113 Å². The zero-order valence-electron chi connectivity index (χ0n) is 10.7. The minimum Gasteiger partial charge on any atom is -0.390 e. The van der Waals surface area contributed by atoms with Crippen LogP contribution in [0.15, 0.2) is 12.3 Å². The maximum atomic E-state index is 13.1. The zero-order valence-corrected chi connectivity index (χ0v) is 10.7. The van der Waals surface area contributed by atoms with Gasteiger partial charge >= 0.3 is 6.18 Å². The Hall–Kier alpha value is -1.41. The standard InChI is InChI=1S/C12H15F3N4O/c13-12(14,15)11-4-10(11,5-16-7-11)6-18-9-17-2-1-8(3-20)19-9/h1-2,16,20H,3-7H2,(H,17,18,19)/t10-,11-/m1/s1. The number of nitrogens with one attached hydrogen (secondary N) is 2. The van der Waals surface area contributed by atoms with E-state index < -0.39 is 17.0 Å². The molecule has 1 aliphatic carbocycles. The Morgan fingerprint density at radius 1 is 1.40 bits per heavy atom. The van der Waals surface area contributed by atoms with Gasteiger partial charge in [0.15, 0.2) is 0 Å². The van der Waals surface area contributed by atoms with Crippen molar-refractivity contribution in [3.05, 3.63) is 18.0 Å². The van der Waals surface area contributed by atoms with Gasteiger partial charge in [-0.25, -0.2) is 9.97 Å². The summed E-state index contributed by atoms with van der Waals surface area (Å²) in [6.45, 7) is 0.277. The molecule has 0 aromatic carbocycles. The SMILES string of the molecule is OCc1ccnc(NC[C@@]23CNC[C@]2(C(F)(F)F)C3)n1. The predicted octanol–water partition coefficient (Wildman–Crippen LogP) is 0.923. The van der Waals surface area contributed by atoms with Gasteiger partial charge in [-0.1, -0.05) is 0 Å². The second-order valence-corrected chi connectivity index (χ2v) is 5.52. The summed E-state index contributed by atoms with van der Waals surface area (Å²) in [5.41, 5.74) is -1.98. The third-order valence-electron chi connectivity index (χ3n) is 4.42. The van der Waals surface area contributed by atoms with Gasteiger partial charge in [-0.3, -0.25) is 0 Å². The third kappa shape index (κ3) is 1.86. The van der Waals surface area contributed by atoms with Gasteiger partial charge in [-0.15, -0.1) is 0 Å². The van der Waals surface area contributed by atoms with E-state index in [4.69, 9.17) is 5.11 Å². The Balaban J connectivity index is 1.70. The highest BCUT2D eigenvalue weighted by molar-refractivity contribution is 5.32. The first kappa shape index (κ1) is 13.6. The van der Waals surface area contributed by atoms with Gasteiger partial charge in [-0.2, -0.15) is 13.2 Å². The molecule has 1 saturated heterocycles. The summed E-state index contributed by atoms with van der Waals surface area (Å²) in [6.07, 6.45) is -2.58. The summed E-state index contributed by atoms with van der Waals surface area (Å²) in [5.74, 6) is 0.251. The average Bonchev–Trinajstić information content (AvgIpc) is 2.94. The fourth-order valence-corrected chi connectivity index (χ4v) is 3.14. The number of aromatic nitrogens is 2. The molecule has 0 unspecified atom stereocenters. The van der Waals surface area contributed by atoms with E-state index in [1.807, 2.05) is 0 Å². The van der Waals surface area contributed by atoms with E-state index in [1.165, 1.54) is 6.20 Å². The van der Waals surface area contributed by atoms with Crippen molar-refractivity contribution in [2.45, 2.75) is 19.2 Å². The molecule has 0 spiro atoms. The van der Waals surface area contributed by atoms with Crippen molar-refractivity contribution >= 4 is 5.95 Å². The van der Waals surface area contributed by atoms with Crippen LogP contribution in [0.5, 0.6) is 0 Å². The molecule has 3 N–H and O–H groups in total. The van der Waals surface area contributed by atoms with Gasteiger partial charge < -0.3 is 15.7 Å². The van der Waals surface area contributed by atoms with Crippen molar-refractivity contribution in [3.8, 4) is 0 Å². The molecule has 2 atom stereocenters. The van der Waals surface area contributed by atoms with Crippen LogP contribution in [-0.4, -0.2) is 40.9 Å². The maximum Gasteiger partial charge on any atom is 0.396 e. The molecule has 8 heteroatoms. The van der Waals surface area contributed by atoms with Gasteiger partial charge in [0, 0.05) is 31.2 Å². The van der Waals surface area contributed by atoms with E-state index in [-0.39, 0.29) is 32.1 Å². The quantitative estimate of drug-likeness (QED) is 0.768. The zero-order chi connectivity index (χ0) is 14.4. The lowest BCUT2D eigenvalue weighted by atomic mass is 9.95. The third-order valence-corrected chi connectivity index (χ3v) is 4.42. The van der Waals surface area contributed by atoms with Crippen molar-refractivity contribution in [2.24, 2.45) is 10.8 Å². The van der Waals surface area contributed by atoms with E-state index in [1.54, 1.807) is 6.07 Å². The van der Waals surface area contributed by atoms with E-state index in [9.17, 15) is 13.2 Å². The van der Waals surface area contributed by atoms with Crippen LogP contribution in [0, 0.1) is 10.8 Å². The molecule has 0 amide bonds. The molecule has 2 aliphatic rings. The second kappa shape index (κ2) is 4.29. The normalized spacial score (nSPS) is 32.0. The van der Waals surface area contributed by atoms with Crippen molar-refractivity contribution in [1.82, 2.24) is 15.3 Å². The summed E-state index contributed by atoms with van der Waals surface area (Å²) in [7, 11) is 0. The topological polar surface area (TPSA) is 70.1 Å². The molecule has 110 valence electrons. The van der Waals surface area contributed by atoms with Crippen LogP contribution in [0.25, 0.3) is 0 Å². The molecule has 2 fully saturated rings. The molecule has 3 rings (SSSR count). The van der Waals surface area contributed by atoms with Gasteiger partial charge in [0.2, 0.25) is 5.95 Å². The van der Waals surface area contributed by atoms with Crippen LogP contribution in [0.2, 0.25) is 0 Å². The van der Waals surface area contributed by atoms with E-state index in [2.05, 4.69) is 20.6 Å². The minimum atomic E-state index is -4.19. The summed E-state index contributed by atoms with van der Waals surface area (Å²) in [6, 6.07) is 1.55. The summed E-state index contributed by atoms with van der Waals surface area (Å²) < 4.78 is 39.4. The van der Waals surface area contributed by atoms with E-state index >= 15 is 0 Å². The maximum absolute atomic E-state index is 13.1. The van der Waals surface area contributed by atoms with Gasteiger partial charge in [0.25, 0.3) is 0 Å².